The summed E-state index contributed by atoms with van der Waals surface area (Å²) in [7, 11) is 0. The van der Waals surface area contributed by atoms with Crippen LogP contribution in [-0.4, -0.2) is 11.9 Å². The Bertz CT molecular complexity index is 1100. The third-order valence-corrected chi connectivity index (χ3v) is 4.56. The lowest BCUT2D eigenvalue weighted by Gasteiger charge is -2.17. The Hall–Kier alpha value is -3.66. The number of amides is 1. The normalized spacial score (nSPS) is 12.0. The van der Waals surface area contributed by atoms with Gasteiger partial charge in [-0.3, -0.25) is 4.79 Å². The van der Waals surface area contributed by atoms with Gasteiger partial charge in [-0.15, -0.1) is 0 Å². The molecule has 4 heteroatoms. The molecule has 4 aromatic carbocycles. The topological polar surface area (TPSA) is 69.4 Å². The van der Waals surface area contributed by atoms with Crippen molar-refractivity contribution in [3.63, 3.8) is 0 Å². The molecule has 4 nitrogen and oxygen atoms in total. The predicted octanol–water partition coefficient (Wildman–Crippen LogP) is 4.38. The zero-order valence-corrected chi connectivity index (χ0v) is 14.5. The fourth-order valence-corrected chi connectivity index (χ4v) is 3.32. The number of hydrogen-bond acceptors (Lipinski definition) is 3. The van der Waals surface area contributed by atoms with Crippen LogP contribution in [0.25, 0.3) is 21.5 Å². The SMILES string of the molecule is NC(=O)C(OC(=O)c1c2ccccc2cc2ccccc12)c1ccccc1. The molecule has 132 valence electrons. The van der Waals surface area contributed by atoms with Gasteiger partial charge in [-0.1, -0.05) is 78.9 Å². The maximum Gasteiger partial charge on any atom is 0.340 e. The van der Waals surface area contributed by atoms with E-state index in [1.807, 2.05) is 60.7 Å². The van der Waals surface area contributed by atoms with Gasteiger partial charge in [-0.2, -0.15) is 0 Å². The van der Waals surface area contributed by atoms with E-state index in [0.717, 1.165) is 21.5 Å². The summed E-state index contributed by atoms with van der Waals surface area (Å²) in [4.78, 5) is 25.1. The molecule has 4 aromatic rings. The van der Waals surface area contributed by atoms with Crippen molar-refractivity contribution in [2.75, 3.05) is 0 Å². The summed E-state index contributed by atoms with van der Waals surface area (Å²) in [6, 6.07) is 26.0. The van der Waals surface area contributed by atoms with E-state index in [1.54, 1.807) is 24.3 Å². The maximum absolute atomic E-state index is 13.1. The van der Waals surface area contributed by atoms with Crippen molar-refractivity contribution in [2.45, 2.75) is 6.10 Å². The standard InChI is InChI=1S/C23H17NO3/c24-22(25)21(15-8-2-1-3-9-15)27-23(26)20-18-12-6-4-10-16(18)14-17-11-5-7-13-19(17)20/h1-14,21H,(H2,24,25). The highest BCUT2D eigenvalue weighted by Crippen LogP contribution is 2.30. The average Bonchev–Trinajstić information content (AvgIpc) is 2.70. The molecule has 0 fully saturated rings. The molecule has 1 unspecified atom stereocenters. The fraction of sp³-hybridized carbons (Fsp3) is 0.0435. The molecule has 1 atom stereocenters. The number of rotatable bonds is 4. The van der Waals surface area contributed by atoms with E-state index in [9.17, 15) is 9.59 Å². The van der Waals surface area contributed by atoms with Crippen molar-refractivity contribution in [1.82, 2.24) is 0 Å². The predicted molar refractivity (Wildman–Crippen MR) is 105 cm³/mol. The van der Waals surface area contributed by atoms with Crippen LogP contribution in [0.15, 0.2) is 84.9 Å². The first kappa shape index (κ1) is 16.8. The van der Waals surface area contributed by atoms with Gasteiger partial charge in [0.15, 0.2) is 0 Å². The molecule has 0 saturated carbocycles. The van der Waals surface area contributed by atoms with Gasteiger partial charge in [0.25, 0.3) is 5.91 Å². The van der Waals surface area contributed by atoms with Gasteiger partial charge in [-0.05, 0) is 27.6 Å². The Morgan fingerprint density at radius 1 is 0.741 bits per heavy atom. The minimum atomic E-state index is -1.14. The first-order valence-electron chi connectivity index (χ1n) is 8.61. The molecule has 1 amide bonds. The molecule has 2 N–H and O–H groups in total. The highest BCUT2D eigenvalue weighted by Gasteiger charge is 2.25. The van der Waals surface area contributed by atoms with Crippen LogP contribution in [0.5, 0.6) is 0 Å². The van der Waals surface area contributed by atoms with Gasteiger partial charge in [-0.25, -0.2) is 4.79 Å². The number of hydrogen-bond donors (Lipinski definition) is 1. The molecule has 0 bridgehead atoms. The lowest BCUT2D eigenvalue weighted by Crippen LogP contribution is -2.26. The molecular formula is C23H17NO3. The summed E-state index contributed by atoms with van der Waals surface area (Å²) in [5, 5.41) is 3.41. The van der Waals surface area contributed by atoms with Crippen molar-refractivity contribution in [3.05, 3.63) is 96.1 Å². The summed E-state index contributed by atoms with van der Waals surface area (Å²) in [6.45, 7) is 0. The van der Waals surface area contributed by atoms with Crippen LogP contribution in [0.4, 0.5) is 0 Å². The summed E-state index contributed by atoms with van der Waals surface area (Å²) in [6.07, 6.45) is -1.14. The monoisotopic (exact) mass is 355 g/mol. The maximum atomic E-state index is 13.1. The summed E-state index contributed by atoms with van der Waals surface area (Å²) < 4.78 is 5.59. The third kappa shape index (κ3) is 3.13. The summed E-state index contributed by atoms with van der Waals surface area (Å²) >= 11 is 0. The number of carbonyl (C=O) groups is 2. The van der Waals surface area contributed by atoms with Gasteiger partial charge in [0.1, 0.15) is 0 Å². The van der Waals surface area contributed by atoms with E-state index >= 15 is 0 Å². The quantitative estimate of drug-likeness (QED) is 0.436. The van der Waals surface area contributed by atoms with Crippen LogP contribution in [0.2, 0.25) is 0 Å². The minimum absolute atomic E-state index is 0.436. The second-order valence-corrected chi connectivity index (χ2v) is 6.29. The fourth-order valence-electron chi connectivity index (χ4n) is 3.32. The molecule has 0 radical (unpaired) electrons. The first-order chi connectivity index (χ1) is 13.1. The summed E-state index contributed by atoms with van der Waals surface area (Å²) in [5.41, 5.74) is 6.48. The van der Waals surface area contributed by atoms with Crippen LogP contribution in [-0.2, 0) is 9.53 Å². The highest BCUT2D eigenvalue weighted by atomic mass is 16.5. The third-order valence-electron chi connectivity index (χ3n) is 4.56. The van der Waals surface area contributed by atoms with Gasteiger partial charge in [0.2, 0.25) is 6.10 Å². The van der Waals surface area contributed by atoms with E-state index < -0.39 is 18.0 Å². The van der Waals surface area contributed by atoms with Crippen LogP contribution >= 0.6 is 0 Å². The van der Waals surface area contributed by atoms with Crippen LogP contribution in [0.3, 0.4) is 0 Å². The zero-order chi connectivity index (χ0) is 18.8. The molecule has 0 saturated heterocycles. The molecule has 4 rings (SSSR count). The Morgan fingerprint density at radius 3 is 1.81 bits per heavy atom. The number of benzene rings is 4. The number of ether oxygens (including phenoxy) is 1. The van der Waals surface area contributed by atoms with Gasteiger partial charge in [0.05, 0.1) is 5.56 Å². The number of nitrogens with two attached hydrogens (primary N) is 1. The van der Waals surface area contributed by atoms with E-state index in [4.69, 9.17) is 10.5 Å². The van der Waals surface area contributed by atoms with Gasteiger partial charge < -0.3 is 10.5 Å². The minimum Gasteiger partial charge on any atom is -0.444 e. The highest BCUT2D eigenvalue weighted by molar-refractivity contribution is 6.16. The molecule has 0 aromatic heterocycles. The van der Waals surface area contributed by atoms with Crippen LogP contribution in [0.1, 0.15) is 22.0 Å². The number of carbonyl (C=O) groups excluding carboxylic acids is 2. The second-order valence-electron chi connectivity index (χ2n) is 6.29. The first-order valence-corrected chi connectivity index (χ1v) is 8.61. The lowest BCUT2D eigenvalue weighted by atomic mass is 9.97. The molecule has 0 spiro atoms. The average molecular weight is 355 g/mol. The van der Waals surface area contributed by atoms with Crippen LogP contribution in [0, 0.1) is 0 Å². The van der Waals surface area contributed by atoms with E-state index in [2.05, 4.69) is 0 Å². The molecular weight excluding hydrogens is 338 g/mol. The summed E-state index contributed by atoms with van der Waals surface area (Å²) in [5.74, 6) is -1.28. The van der Waals surface area contributed by atoms with Crippen molar-refractivity contribution in [1.29, 1.82) is 0 Å². The van der Waals surface area contributed by atoms with Crippen molar-refractivity contribution in [2.24, 2.45) is 5.73 Å². The Balaban J connectivity index is 1.85. The van der Waals surface area contributed by atoms with Crippen molar-refractivity contribution >= 4 is 33.4 Å². The number of esters is 1. The van der Waals surface area contributed by atoms with Crippen molar-refractivity contribution < 1.29 is 14.3 Å². The number of primary amides is 1. The Labute approximate surface area is 156 Å². The van der Waals surface area contributed by atoms with Gasteiger partial charge >= 0.3 is 5.97 Å². The van der Waals surface area contributed by atoms with Crippen molar-refractivity contribution in [3.8, 4) is 0 Å². The molecule has 27 heavy (non-hydrogen) atoms. The Kier molecular flexibility index (Phi) is 4.30. The molecule has 0 heterocycles. The van der Waals surface area contributed by atoms with Crippen LogP contribution < -0.4 is 5.73 Å². The van der Waals surface area contributed by atoms with E-state index in [1.165, 1.54) is 0 Å². The van der Waals surface area contributed by atoms with Gasteiger partial charge in [0, 0.05) is 5.56 Å². The zero-order valence-electron chi connectivity index (χ0n) is 14.5. The Morgan fingerprint density at radius 2 is 1.26 bits per heavy atom. The molecule has 0 aliphatic rings. The largest absolute Gasteiger partial charge is 0.444 e. The van der Waals surface area contributed by atoms with E-state index in [-0.39, 0.29) is 0 Å². The number of fused-ring (bicyclic) bond motifs is 2. The second kappa shape index (κ2) is 6.92. The molecule has 0 aliphatic carbocycles. The smallest absolute Gasteiger partial charge is 0.340 e. The molecule has 0 aliphatic heterocycles. The lowest BCUT2D eigenvalue weighted by molar-refractivity contribution is -0.127. The van der Waals surface area contributed by atoms with E-state index in [0.29, 0.717) is 11.1 Å².